The van der Waals surface area contributed by atoms with Crippen LogP contribution in [0.3, 0.4) is 0 Å². The number of ether oxygens (including phenoxy) is 1. The molecule has 260 valence electrons. The van der Waals surface area contributed by atoms with Crippen LogP contribution >= 0.6 is 0 Å². The second-order valence-electron chi connectivity index (χ2n) is 16.3. The Morgan fingerprint density at radius 1 is 0.978 bits per heavy atom. The van der Waals surface area contributed by atoms with E-state index in [2.05, 4.69) is 52.6 Å². The van der Waals surface area contributed by atoms with Gasteiger partial charge in [-0.2, -0.15) is 0 Å². The van der Waals surface area contributed by atoms with E-state index in [0.717, 1.165) is 100 Å². The maximum absolute atomic E-state index is 12.1. The molecule has 4 N–H and O–H groups in total. The van der Waals surface area contributed by atoms with Crippen molar-refractivity contribution in [2.45, 2.75) is 143 Å². The first-order valence-electron chi connectivity index (χ1n) is 18.9. The molecule has 0 radical (unpaired) electrons. The summed E-state index contributed by atoms with van der Waals surface area (Å²) in [7, 11) is 2.13. The van der Waals surface area contributed by atoms with Crippen LogP contribution in [-0.2, 0) is 14.3 Å². The van der Waals surface area contributed by atoms with E-state index >= 15 is 0 Å². The first kappa shape index (κ1) is 38.2. The standard InChI is InChI=1S/C31H50O3.C8H21N3/c1-21(2)8-6-9-22(3)26-13-14-27-25-12-11-23-20-24(34-29(33)10-7-19-32)15-17-30(23,4)28(25)16-18-31(26,27)5;1-11(8-4-6-10)7-3-2-5-9/h11,19,21-22,24-28H,6-10,12-18,20H2,1-5H3;2-10H2,1H3/t22-,24?,25?,26?,27?,28?,30?,31?;/m1./s1. The van der Waals surface area contributed by atoms with Gasteiger partial charge in [0.1, 0.15) is 12.4 Å². The Labute approximate surface area is 277 Å². The van der Waals surface area contributed by atoms with Gasteiger partial charge in [-0.3, -0.25) is 4.79 Å². The van der Waals surface area contributed by atoms with E-state index in [1.54, 1.807) is 5.57 Å². The van der Waals surface area contributed by atoms with E-state index in [0.29, 0.717) is 5.41 Å². The molecule has 0 spiro atoms. The Morgan fingerprint density at radius 3 is 2.40 bits per heavy atom. The molecular weight excluding hydrogens is 558 g/mol. The number of esters is 1. The maximum atomic E-state index is 12.1. The summed E-state index contributed by atoms with van der Waals surface area (Å²) in [5, 5.41) is 0. The monoisotopic (exact) mass is 630 g/mol. The van der Waals surface area contributed by atoms with Crippen molar-refractivity contribution in [2.24, 2.45) is 57.8 Å². The number of carbonyl (C=O) groups excluding carboxylic acids is 2. The molecule has 6 nitrogen and oxygen atoms in total. The van der Waals surface area contributed by atoms with Crippen LogP contribution in [0.5, 0.6) is 0 Å². The second kappa shape index (κ2) is 18.3. The lowest BCUT2D eigenvalue weighted by atomic mass is 9.47. The average molecular weight is 630 g/mol. The van der Waals surface area contributed by atoms with Crippen LogP contribution in [0.1, 0.15) is 137 Å². The van der Waals surface area contributed by atoms with Crippen molar-refractivity contribution in [1.82, 2.24) is 4.90 Å². The van der Waals surface area contributed by atoms with Crippen molar-refractivity contribution < 1.29 is 14.3 Å². The molecule has 3 saturated carbocycles. The van der Waals surface area contributed by atoms with Gasteiger partial charge in [-0.25, -0.2) is 0 Å². The van der Waals surface area contributed by atoms with Gasteiger partial charge in [0.05, 0.1) is 6.42 Å². The number of rotatable bonds is 16. The number of nitrogens with zero attached hydrogens (tertiary/aromatic N) is 1. The number of allylic oxidation sites excluding steroid dienone is 1. The minimum absolute atomic E-state index is 0.00596. The summed E-state index contributed by atoms with van der Waals surface area (Å²) in [6.07, 6.45) is 21.4. The van der Waals surface area contributed by atoms with Crippen molar-refractivity contribution in [3.8, 4) is 0 Å². The number of aldehydes is 1. The van der Waals surface area contributed by atoms with Gasteiger partial charge in [-0.1, -0.05) is 65.5 Å². The van der Waals surface area contributed by atoms with Crippen molar-refractivity contribution in [1.29, 1.82) is 0 Å². The van der Waals surface area contributed by atoms with Gasteiger partial charge >= 0.3 is 5.97 Å². The van der Waals surface area contributed by atoms with E-state index in [1.165, 1.54) is 57.8 Å². The van der Waals surface area contributed by atoms with Crippen LogP contribution in [0, 0.1) is 46.3 Å². The topological polar surface area (TPSA) is 98.7 Å². The van der Waals surface area contributed by atoms with Crippen LogP contribution in [0.4, 0.5) is 0 Å². The van der Waals surface area contributed by atoms with Crippen molar-refractivity contribution in [3.05, 3.63) is 11.6 Å². The maximum Gasteiger partial charge on any atom is 0.306 e. The molecule has 7 unspecified atom stereocenters. The minimum Gasteiger partial charge on any atom is -0.462 e. The zero-order valence-electron chi connectivity index (χ0n) is 30.2. The molecular formula is C39H71N3O3. The molecule has 4 aliphatic rings. The molecule has 0 aromatic rings. The van der Waals surface area contributed by atoms with Crippen molar-refractivity contribution in [3.63, 3.8) is 0 Å². The number of hydrogen-bond donors (Lipinski definition) is 2. The molecule has 0 amide bonds. The molecule has 0 aliphatic heterocycles. The summed E-state index contributed by atoms with van der Waals surface area (Å²) in [4.78, 5) is 25.0. The predicted octanol–water partition coefficient (Wildman–Crippen LogP) is 7.92. The summed E-state index contributed by atoms with van der Waals surface area (Å²) in [6, 6.07) is 0. The SMILES string of the molecule is CC(C)CCC[C@@H](C)C1CCC2C3CC=C4CC(OC(=O)CCC=O)CCC4(C)C3CCC21C.CN(CCCN)CCCCN. The Balaban J connectivity index is 0.000000430. The molecule has 0 heterocycles. The number of unbranched alkanes of at least 4 members (excludes halogenated alkanes) is 1. The third-order valence-corrected chi connectivity index (χ3v) is 12.8. The Morgan fingerprint density at radius 2 is 1.71 bits per heavy atom. The Kier molecular flexibility index (Phi) is 15.6. The number of fused-ring (bicyclic) bond motifs is 5. The van der Waals surface area contributed by atoms with Gasteiger partial charge in [0.15, 0.2) is 0 Å². The summed E-state index contributed by atoms with van der Waals surface area (Å²) in [5.41, 5.74) is 13.1. The zero-order chi connectivity index (χ0) is 33.0. The van der Waals surface area contributed by atoms with Crippen LogP contribution in [0.15, 0.2) is 11.6 Å². The highest BCUT2D eigenvalue weighted by atomic mass is 16.5. The lowest BCUT2D eigenvalue weighted by Crippen LogP contribution is -2.51. The highest BCUT2D eigenvalue weighted by Gasteiger charge is 2.59. The van der Waals surface area contributed by atoms with Gasteiger partial charge in [0, 0.05) is 12.8 Å². The highest BCUT2D eigenvalue weighted by Crippen LogP contribution is 2.67. The molecule has 3 fully saturated rings. The van der Waals surface area contributed by atoms with Crippen molar-refractivity contribution in [2.75, 3.05) is 33.2 Å². The lowest BCUT2D eigenvalue weighted by Gasteiger charge is -2.58. The smallest absolute Gasteiger partial charge is 0.306 e. The van der Waals surface area contributed by atoms with E-state index in [9.17, 15) is 9.59 Å². The highest BCUT2D eigenvalue weighted by molar-refractivity contribution is 5.72. The van der Waals surface area contributed by atoms with Gasteiger partial charge < -0.3 is 25.9 Å². The summed E-state index contributed by atoms with van der Waals surface area (Å²) >= 11 is 0. The predicted molar refractivity (Wildman–Crippen MR) is 188 cm³/mol. The van der Waals surface area contributed by atoms with E-state index in [-0.39, 0.29) is 30.3 Å². The molecule has 4 aliphatic carbocycles. The third kappa shape index (κ3) is 10.1. The van der Waals surface area contributed by atoms with Gasteiger partial charge in [-0.15, -0.1) is 0 Å². The molecule has 0 aromatic carbocycles. The fourth-order valence-electron chi connectivity index (χ4n) is 10.2. The zero-order valence-corrected chi connectivity index (χ0v) is 30.2. The Bertz CT molecular complexity index is 936. The van der Waals surface area contributed by atoms with Crippen LogP contribution in [-0.4, -0.2) is 56.5 Å². The lowest BCUT2D eigenvalue weighted by molar-refractivity contribution is -0.152. The molecule has 0 saturated heterocycles. The summed E-state index contributed by atoms with van der Waals surface area (Å²) in [6.45, 7) is 16.3. The third-order valence-electron chi connectivity index (χ3n) is 12.8. The number of hydrogen-bond acceptors (Lipinski definition) is 6. The van der Waals surface area contributed by atoms with Gasteiger partial charge in [-0.05, 0) is 144 Å². The normalized spacial score (nSPS) is 32.9. The first-order valence-corrected chi connectivity index (χ1v) is 18.9. The van der Waals surface area contributed by atoms with Crippen LogP contribution < -0.4 is 11.5 Å². The molecule has 4 rings (SSSR count). The largest absolute Gasteiger partial charge is 0.462 e. The molecule has 6 heteroatoms. The molecule has 0 bridgehead atoms. The Hall–Kier alpha value is -1.24. The molecule has 0 aromatic heterocycles. The summed E-state index contributed by atoms with van der Waals surface area (Å²) in [5.74, 6) is 4.92. The number of nitrogens with two attached hydrogens (primary N) is 2. The van der Waals surface area contributed by atoms with E-state index in [4.69, 9.17) is 16.2 Å². The van der Waals surface area contributed by atoms with Crippen LogP contribution in [0.25, 0.3) is 0 Å². The van der Waals surface area contributed by atoms with Gasteiger partial charge in [0.2, 0.25) is 0 Å². The van der Waals surface area contributed by atoms with E-state index < -0.39 is 0 Å². The summed E-state index contributed by atoms with van der Waals surface area (Å²) < 4.78 is 5.76. The molecule has 8 atom stereocenters. The van der Waals surface area contributed by atoms with Gasteiger partial charge in [0.25, 0.3) is 0 Å². The number of carbonyl (C=O) groups is 2. The second-order valence-corrected chi connectivity index (χ2v) is 16.3. The fraction of sp³-hybridized carbons (Fsp3) is 0.897. The average Bonchev–Trinajstić information content (AvgIpc) is 3.36. The fourth-order valence-corrected chi connectivity index (χ4v) is 10.2. The first-order chi connectivity index (χ1) is 21.5. The van der Waals surface area contributed by atoms with Crippen LogP contribution in [0.2, 0.25) is 0 Å². The van der Waals surface area contributed by atoms with E-state index in [1.807, 2.05) is 0 Å². The molecule has 45 heavy (non-hydrogen) atoms. The quantitative estimate of drug-likeness (QED) is 0.0779. The minimum atomic E-state index is -0.206. The van der Waals surface area contributed by atoms with Crippen molar-refractivity contribution >= 4 is 12.3 Å².